The van der Waals surface area contributed by atoms with Crippen molar-refractivity contribution in [2.45, 2.75) is 13.5 Å². The number of aryl methyl sites for hydroxylation is 1. The van der Waals surface area contributed by atoms with Crippen molar-refractivity contribution in [1.82, 2.24) is 0 Å². The molecule has 0 aliphatic rings. The van der Waals surface area contributed by atoms with Gasteiger partial charge in [0.25, 0.3) is 0 Å². The van der Waals surface area contributed by atoms with E-state index in [4.69, 9.17) is 10.00 Å². The van der Waals surface area contributed by atoms with Crippen LogP contribution in [0, 0.1) is 24.1 Å². The molecule has 0 spiro atoms. The van der Waals surface area contributed by atoms with Crippen molar-refractivity contribution >= 4 is 0 Å². The average molecular weight is 257 g/mol. The predicted molar refractivity (Wildman–Crippen MR) is 68.3 cm³/mol. The molecule has 0 fully saturated rings. The van der Waals surface area contributed by atoms with E-state index in [1.165, 1.54) is 12.1 Å². The fourth-order valence-electron chi connectivity index (χ4n) is 1.75. The first-order valence-electron chi connectivity index (χ1n) is 5.71. The second-order valence-corrected chi connectivity index (χ2v) is 4.18. The number of phenols is 1. The summed E-state index contributed by atoms with van der Waals surface area (Å²) in [6.07, 6.45) is 0. The van der Waals surface area contributed by atoms with E-state index >= 15 is 0 Å². The zero-order chi connectivity index (χ0) is 13.8. The Labute approximate surface area is 110 Å². The van der Waals surface area contributed by atoms with E-state index in [9.17, 15) is 9.50 Å². The van der Waals surface area contributed by atoms with E-state index < -0.39 is 5.82 Å². The van der Waals surface area contributed by atoms with Crippen LogP contribution in [0.5, 0.6) is 11.5 Å². The van der Waals surface area contributed by atoms with Crippen LogP contribution in [0.2, 0.25) is 0 Å². The Hall–Kier alpha value is -2.54. The number of nitrogens with zero attached hydrogens (tertiary/aromatic N) is 1. The number of phenolic OH excluding ortho intramolecular Hbond substituents is 1. The largest absolute Gasteiger partial charge is 0.508 e. The van der Waals surface area contributed by atoms with Crippen LogP contribution in [0.25, 0.3) is 0 Å². The van der Waals surface area contributed by atoms with Gasteiger partial charge in [-0.3, -0.25) is 0 Å². The normalized spacial score (nSPS) is 9.95. The van der Waals surface area contributed by atoms with E-state index in [2.05, 4.69) is 0 Å². The molecule has 2 rings (SSSR count). The van der Waals surface area contributed by atoms with Gasteiger partial charge in [-0.15, -0.1) is 0 Å². The Morgan fingerprint density at radius 2 is 2.11 bits per heavy atom. The third-order valence-electron chi connectivity index (χ3n) is 2.63. The van der Waals surface area contributed by atoms with Gasteiger partial charge in [0.1, 0.15) is 30.0 Å². The molecule has 0 aliphatic carbocycles. The maximum atomic E-state index is 13.8. The maximum absolute atomic E-state index is 13.8. The molecule has 4 heteroatoms. The molecule has 0 radical (unpaired) electrons. The Morgan fingerprint density at radius 1 is 1.32 bits per heavy atom. The lowest BCUT2D eigenvalue weighted by Gasteiger charge is -2.09. The minimum atomic E-state index is -0.568. The number of rotatable bonds is 3. The number of hydrogen-bond acceptors (Lipinski definition) is 3. The minimum Gasteiger partial charge on any atom is -0.508 e. The van der Waals surface area contributed by atoms with E-state index in [0.29, 0.717) is 11.3 Å². The van der Waals surface area contributed by atoms with E-state index in [1.807, 2.05) is 6.92 Å². The van der Waals surface area contributed by atoms with Gasteiger partial charge in [0.05, 0.1) is 5.56 Å². The molecule has 0 unspecified atom stereocenters. The zero-order valence-corrected chi connectivity index (χ0v) is 10.4. The molecule has 2 aromatic rings. The van der Waals surface area contributed by atoms with Crippen LogP contribution in [0.3, 0.4) is 0 Å². The number of ether oxygens (including phenoxy) is 1. The topological polar surface area (TPSA) is 53.2 Å². The highest BCUT2D eigenvalue weighted by Gasteiger charge is 2.08. The van der Waals surface area contributed by atoms with Gasteiger partial charge in [0, 0.05) is 11.6 Å². The van der Waals surface area contributed by atoms with Crippen LogP contribution in [-0.2, 0) is 6.61 Å². The molecule has 0 amide bonds. The average Bonchev–Trinajstić information content (AvgIpc) is 2.36. The van der Waals surface area contributed by atoms with Crippen LogP contribution in [0.1, 0.15) is 16.7 Å². The summed E-state index contributed by atoms with van der Waals surface area (Å²) in [5.41, 5.74) is 1.15. The highest BCUT2D eigenvalue weighted by molar-refractivity contribution is 5.38. The first-order valence-corrected chi connectivity index (χ1v) is 5.71. The second kappa shape index (κ2) is 5.40. The Morgan fingerprint density at radius 3 is 2.79 bits per heavy atom. The fraction of sp³-hybridized carbons (Fsp3) is 0.133. The summed E-state index contributed by atoms with van der Waals surface area (Å²) in [6, 6.07) is 11.2. The van der Waals surface area contributed by atoms with Gasteiger partial charge < -0.3 is 9.84 Å². The van der Waals surface area contributed by atoms with Crippen LogP contribution in [0.15, 0.2) is 36.4 Å². The molecule has 1 N–H and O–H groups in total. The van der Waals surface area contributed by atoms with Crippen molar-refractivity contribution in [3.05, 3.63) is 58.9 Å². The molecule has 19 heavy (non-hydrogen) atoms. The van der Waals surface area contributed by atoms with Gasteiger partial charge in [-0.1, -0.05) is 12.1 Å². The van der Waals surface area contributed by atoms with Crippen molar-refractivity contribution < 1.29 is 14.2 Å². The van der Waals surface area contributed by atoms with Gasteiger partial charge in [-0.05, 0) is 30.7 Å². The summed E-state index contributed by atoms with van der Waals surface area (Å²) in [5.74, 6) is -0.0117. The minimum absolute atomic E-state index is 0.00421. The van der Waals surface area contributed by atoms with Crippen molar-refractivity contribution in [2.75, 3.05) is 0 Å². The standard InChI is InChI=1S/C15H12FNO2/c1-10-5-13(18)7-14(6-10)19-9-12-4-2-3-11(8-17)15(12)16/h2-7,18H,9H2,1H3. The van der Waals surface area contributed by atoms with Crippen LogP contribution < -0.4 is 4.74 Å². The molecule has 2 aromatic carbocycles. The second-order valence-electron chi connectivity index (χ2n) is 4.18. The summed E-state index contributed by atoms with van der Waals surface area (Å²) in [5, 5.41) is 18.2. The molecule has 0 saturated heterocycles. The number of hydrogen-bond donors (Lipinski definition) is 1. The molecule has 0 saturated carbocycles. The number of halogens is 1. The van der Waals surface area contributed by atoms with Crippen molar-refractivity contribution in [2.24, 2.45) is 0 Å². The number of nitriles is 1. The molecule has 3 nitrogen and oxygen atoms in total. The quantitative estimate of drug-likeness (QED) is 0.917. The lowest BCUT2D eigenvalue weighted by Crippen LogP contribution is -2.00. The van der Waals surface area contributed by atoms with E-state index in [1.54, 1.807) is 30.3 Å². The first kappa shape index (κ1) is 12.9. The summed E-state index contributed by atoms with van der Waals surface area (Å²) in [7, 11) is 0. The van der Waals surface area contributed by atoms with E-state index in [0.717, 1.165) is 5.56 Å². The molecular formula is C15H12FNO2. The predicted octanol–water partition coefficient (Wildman–Crippen LogP) is 3.29. The number of benzene rings is 2. The van der Waals surface area contributed by atoms with Crippen molar-refractivity contribution in [1.29, 1.82) is 5.26 Å². The monoisotopic (exact) mass is 257 g/mol. The summed E-state index contributed by atoms with van der Waals surface area (Å²) >= 11 is 0. The molecule has 0 atom stereocenters. The Balaban J connectivity index is 2.17. The lowest BCUT2D eigenvalue weighted by molar-refractivity contribution is 0.298. The van der Waals surface area contributed by atoms with Crippen molar-refractivity contribution in [3.8, 4) is 17.6 Å². The maximum Gasteiger partial charge on any atom is 0.147 e. The molecule has 96 valence electrons. The van der Waals surface area contributed by atoms with Gasteiger partial charge in [-0.2, -0.15) is 5.26 Å². The summed E-state index contributed by atoms with van der Waals surface area (Å²) < 4.78 is 19.2. The molecule has 0 bridgehead atoms. The van der Waals surface area contributed by atoms with Crippen LogP contribution >= 0.6 is 0 Å². The smallest absolute Gasteiger partial charge is 0.147 e. The highest BCUT2D eigenvalue weighted by atomic mass is 19.1. The highest BCUT2D eigenvalue weighted by Crippen LogP contribution is 2.22. The van der Waals surface area contributed by atoms with Crippen molar-refractivity contribution in [3.63, 3.8) is 0 Å². The number of aromatic hydroxyl groups is 1. The summed E-state index contributed by atoms with van der Waals surface area (Å²) in [4.78, 5) is 0. The Kier molecular flexibility index (Phi) is 3.67. The van der Waals surface area contributed by atoms with Crippen LogP contribution in [-0.4, -0.2) is 5.11 Å². The lowest BCUT2D eigenvalue weighted by atomic mass is 10.1. The Bertz CT molecular complexity index is 627. The van der Waals surface area contributed by atoms with Gasteiger partial charge in [-0.25, -0.2) is 4.39 Å². The van der Waals surface area contributed by atoms with Gasteiger partial charge >= 0.3 is 0 Å². The molecule has 0 heterocycles. The SMILES string of the molecule is Cc1cc(O)cc(OCc2cccc(C#N)c2F)c1. The molecular weight excluding hydrogens is 245 g/mol. The van der Waals surface area contributed by atoms with E-state index in [-0.39, 0.29) is 17.9 Å². The summed E-state index contributed by atoms with van der Waals surface area (Å²) in [6.45, 7) is 1.83. The van der Waals surface area contributed by atoms with Crippen LogP contribution in [0.4, 0.5) is 4.39 Å². The third kappa shape index (κ3) is 3.02. The van der Waals surface area contributed by atoms with Gasteiger partial charge in [0.2, 0.25) is 0 Å². The molecule has 0 aromatic heterocycles. The first-order chi connectivity index (χ1) is 9.10. The third-order valence-corrected chi connectivity index (χ3v) is 2.63. The zero-order valence-electron chi connectivity index (χ0n) is 10.4. The molecule has 0 aliphatic heterocycles. The fourth-order valence-corrected chi connectivity index (χ4v) is 1.75. The van der Waals surface area contributed by atoms with Gasteiger partial charge in [0.15, 0.2) is 0 Å².